The summed E-state index contributed by atoms with van der Waals surface area (Å²) in [6, 6.07) is 6.60. The van der Waals surface area contributed by atoms with Crippen LogP contribution in [0.15, 0.2) is 24.3 Å². The van der Waals surface area contributed by atoms with Crippen molar-refractivity contribution in [1.29, 1.82) is 0 Å². The topological polar surface area (TPSA) is 70.1 Å². The van der Waals surface area contributed by atoms with Crippen molar-refractivity contribution in [3.63, 3.8) is 0 Å². The van der Waals surface area contributed by atoms with Crippen LogP contribution in [0.4, 0.5) is 10.1 Å². The Kier molecular flexibility index (Phi) is 4.11. The van der Waals surface area contributed by atoms with Gasteiger partial charge in [-0.15, -0.1) is 0 Å². The number of para-hydroxylation sites is 1. The summed E-state index contributed by atoms with van der Waals surface area (Å²) >= 11 is 0. The van der Waals surface area contributed by atoms with Crippen molar-refractivity contribution in [2.75, 3.05) is 31.1 Å². The first kappa shape index (κ1) is 16.3. The Labute approximate surface area is 145 Å². The van der Waals surface area contributed by atoms with Crippen molar-refractivity contribution in [1.82, 2.24) is 4.90 Å². The molecular formula is C18H21FN2O4. The predicted octanol–water partition coefficient (Wildman–Crippen LogP) is 1.35. The van der Waals surface area contributed by atoms with E-state index in [9.17, 15) is 19.1 Å². The molecule has 3 saturated heterocycles. The highest BCUT2D eigenvalue weighted by Gasteiger charge is 2.56. The monoisotopic (exact) mass is 348 g/mol. The summed E-state index contributed by atoms with van der Waals surface area (Å²) < 4.78 is 19.6. The molecule has 3 aliphatic heterocycles. The van der Waals surface area contributed by atoms with Crippen LogP contribution in [0, 0.1) is 17.7 Å². The van der Waals surface area contributed by atoms with E-state index >= 15 is 0 Å². The molecule has 0 aliphatic carbocycles. The van der Waals surface area contributed by atoms with E-state index in [0.29, 0.717) is 38.3 Å². The van der Waals surface area contributed by atoms with E-state index in [0.717, 1.165) is 6.42 Å². The van der Waals surface area contributed by atoms with Crippen LogP contribution >= 0.6 is 0 Å². The van der Waals surface area contributed by atoms with Gasteiger partial charge in [0.1, 0.15) is 5.82 Å². The van der Waals surface area contributed by atoms with Crippen LogP contribution in [0.2, 0.25) is 0 Å². The number of nitrogens with zero attached hydrogens (tertiary/aromatic N) is 2. The quantitative estimate of drug-likeness (QED) is 0.893. The van der Waals surface area contributed by atoms with Crippen molar-refractivity contribution in [3.8, 4) is 0 Å². The molecule has 4 rings (SSSR count). The van der Waals surface area contributed by atoms with Crippen LogP contribution in [0.5, 0.6) is 0 Å². The molecule has 3 heterocycles. The number of benzene rings is 1. The number of hydrogen-bond acceptors (Lipinski definition) is 4. The molecule has 1 aromatic carbocycles. The van der Waals surface area contributed by atoms with Gasteiger partial charge in [-0.25, -0.2) is 4.39 Å². The molecule has 3 aliphatic rings. The molecule has 0 saturated carbocycles. The molecule has 0 spiro atoms. The third kappa shape index (κ3) is 2.76. The number of fused-ring (bicyclic) bond motifs is 2. The van der Waals surface area contributed by atoms with Gasteiger partial charge in [0, 0.05) is 26.2 Å². The largest absolute Gasteiger partial charge is 0.481 e. The molecule has 1 aromatic rings. The van der Waals surface area contributed by atoms with E-state index in [-0.39, 0.29) is 23.9 Å². The summed E-state index contributed by atoms with van der Waals surface area (Å²) in [4.78, 5) is 28.1. The number of amides is 1. The van der Waals surface area contributed by atoms with Crippen molar-refractivity contribution in [3.05, 3.63) is 30.1 Å². The molecule has 25 heavy (non-hydrogen) atoms. The smallest absolute Gasteiger partial charge is 0.310 e. The zero-order valence-corrected chi connectivity index (χ0v) is 13.8. The molecule has 7 heteroatoms. The summed E-state index contributed by atoms with van der Waals surface area (Å²) in [5.74, 6) is -2.68. The highest BCUT2D eigenvalue weighted by atomic mass is 19.1. The van der Waals surface area contributed by atoms with Crippen molar-refractivity contribution in [2.24, 2.45) is 11.8 Å². The summed E-state index contributed by atoms with van der Waals surface area (Å²) in [7, 11) is 0. The number of carbonyl (C=O) groups excluding carboxylic acids is 1. The van der Waals surface area contributed by atoms with E-state index in [1.807, 2.05) is 4.90 Å². The van der Waals surface area contributed by atoms with Crippen LogP contribution in [0.1, 0.15) is 12.8 Å². The fourth-order valence-electron chi connectivity index (χ4n) is 4.39. The number of carboxylic acids is 1. The van der Waals surface area contributed by atoms with E-state index in [4.69, 9.17) is 4.74 Å². The maximum absolute atomic E-state index is 13.9. The van der Waals surface area contributed by atoms with Crippen LogP contribution in [0.25, 0.3) is 0 Å². The lowest BCUT2D eigenvalue weighted by atomic mass is 9.78. The van der Waals surface area contributed by atoms with Crippen LogP contribution in [0.3, 0.4) is 0 Å². The van der Waals surface area contributed by atoms with E-state index in [2.05, 4.69) is 0 Å². The Morgan fingerprint density at radius 1 is 1.04 bits per heavy atom. The van der Waals surface area contributed by atoms with Gasteiger partial charge in [0.2, 0.25) is 5.91 Å². The van der Waals surface area contributed by atoms with Gasteiger partial charge in [-0.05, 0) is 25.0 Å². The molecule has 134 valence electrons. The number of aliphatic carboxylic acids is 1. The molecule has 4 atom stereocenters. The van der Waals surface area contributed by atoms with Crippen molar-refractivity contribution >= 4 is 17.6 Å². The van der Waals surface area contributed by atoms with Crippen molar-refractivity contribution < 1.29 is 23.8 Å². The molecule has 0 radical (unpaired) electrons. The predicted molar refractivity (Wildman–Crippen MR) is 87.7 cm³/mol. The second kappa shape index (κ2) is 6.29. The highest BCUT2D eigenvalue weighted by molar-refractivity contribution is 5.86. The van der Waals surface area contributed by atoms with Gasteiger partial charge in [0.05, 0.1) is 29.7 Å². The highest BCUT2D eigenvalue weighted by Crippen LogP contribution is 2.44. The minimum absolute atomic E-state index is 0.132. The number of carboxylic acid groups (broad SMARTS) is 1. The van der Waals surface area contributed by atoms with Gasteiger partial charge in [-0.1, -0.05) is 12.1 Å². The maximum atomic E-state index is 13.9. The SMILES string of the molecule is O=C(O)[C@H]1[C@@H](C(=O)N2CCN(c3ccccc3F)CC2)[C@H]2CC[C@H]1O2. The van der Waals surface area contributed by atoms with Gasteiger partial charge in [-0.3, -0.25) is 9.59 Å². The van der Waals surface area contributed by atoms with Gasteiger partial charge in [0.25, 0.3) is 0 Å². The number of halogens is 1. The first-order chi connectivity index (χ1) is 12.1. The number of carbonyl (C=O) groups is 2. The minimum Gasteiger partial charge on any atom is -0.481 e. The standard InChI is InChI=1S/C18H21FN2O4/c19-11-3-1-2-4-12(11)20-7-9-21(10-8-20)17(22)15-13-5-6-14(25-13)16(15)18(23)24/h1-4,13-16H,5-10H2,(H,23,24)/t13-,14-,15+,16-/m1/s1. The molecular weight excluding hydrogens is 327 g/mol. The third-order valence-corrected chi connectivity index (χ3v) is 5.63. The number of anilines is 1. The van der Waals surface area contributed by atoms with E-state index < -0.39 is 17.8 Å². The minimum atomic E-state index is -0.949. The fourth-order valence-corrected chi connectivity index (χ4v) is 4.39. The maximum Gasteiger partial charge on any atom is 0.310 e. The first-order valence-electron chi connectivity index (χ1n) is 8.73. The lowest BCUT2D eigenvalue weighted by Crippen LogP contribution is -2.53. The van der Waals surface area contributed by atoms with Gasteiger partial charge >= 0.3 is 5.97 Å². The van der Waals surface area contributed by atoms with E-state index in [1.54, 1.807) is 23.1 Å². The molecule has 3 fully saturated rings. The lowest BCUT2D eigenvalue weighted by molar-refractivity contribution is -0.151. The number of ether oxygens (including phenoxy) is 1. The number of piperazine rings is 1. The number of rotatable bonds is 3. The fraction of sp³-hybridized carbons (Fsp3) is 0.556. The lowest BCUT2D eigenvalue weighted by Gasteiger charge is -2.38. The average Bonchev–Trinajstić information content (AvgIpc) is 3.23. The van der Waals surface area contributed by atoms with Crippen LogP contribution in [-0.2, 0) is 14.3 Å². The molecule has 1 N–H and O–H groups in total. The van der Waals surface area contributed by atoms with Gasteiger partial charge in [-0.2, -0.15) is 0 Å². The third-order valence-electron chi connectivity index (χ3n) is 5.63. The Morgan fingerprint density at radius 2 is 1.68 bits per heavy atom. The summed E-state index contributed by atoms with van der Waals surface area (Å²) in [5, 5.41) is 9.47. The molecule has 0 unspecified atom stereocenters. The molecule has 6 nitrogen and oxygen atoms in total. The summed E-state index contributed by atoms with van der Waals surface area (Å²) in [5.41, 5.74) is 0.543. The second-order valence-corrected chi connectivity index (χ2v) is 6.94. The molecule has 0 aromatic heterocycles. The van der Waals surface area contributed by atoms with Gasteiger partial charge in [0.15, 0.2) is 0 Å². The normalized spacial score (nSPS) is 31.4. The zero-order chi connectivity index (χ0) is 17.6. The Balaban J connectivity index is 1.43. The molecule has 1 amide bonds. The summed E-state index contributed by atoms with van der Waals surface area (Å²) in [6.45, 7) is 2.00. The Hall–Kier alpha value is -2.15. The zero-order valence-electron chi connectivity index (χ0n) is 13.8. The second-order valence-electron chi connectivity index (χ2n) is 6.94. The Morgan fingerprint density at radius 3 is 2.32 bits per heavy atom. The van der Waals surface area contributed by atoms with Crippen LogP contribution < -0.4 is 4.90 Å². The number of hydrogen-bond donors (Lipinski definition) is 1. The van der Waals surface area contributed by atoms with E-state index in [1.165, 1.54) is 6.07 Å². The average molecular weight is 348 g/mol. The van der Waals surface area contributed by atoms with Crippen molar-refractivity contribution in [2.45, 2.75) is 25.0 Å². The summed E-state index contributed by atoms with van der Waals surface area (Å²) in [6.07, 6.45) is 0.853. The Bertz CT molecular complexity index is 689. The van der Waals surface area contributed by atoms with Gasteiger partial charge < -0.3 is 19.6 Å². The first-order valence-corrected chi connectivity index (χ1v) is 8.73. The van der Waals surface area contributed by atoms with Crippen LogP contribution in [-0.4, -0.2) is 60.3 Å². The molecule has 2 bridgehead atoms.